The molecule has 4 rings (SSSR count). The molecule has 0 fully saturated rings. The van der Waals surface area contributed by atoms with Crippen molar-refractivity contribution in [1.29, 1.82) is 0 Å². The number of benzene rings is 2. The number of hydrogen-bond acceptors (Lipinski definition) is 6. The quantitative estimate of drug-likeness (QED) is 0.437. The van der Waals surface area contributed by atoms with Gasteiger partial charge in [-0.25, -0.2) is 0 Å². The summed E-state index contributed by atoms with van der Waals surface area (Å²) in [5, 5.41) is 13.4. The lowest BCUT2D eigenvalue weighted by Crippen LogP contribution is -2.40. The maximum atomic E-state index is 13.6. The number of carbonyl (C=O) groups is 2. The lowest BCUT2D eigenvalue weighted by Gasteiger charge is -2.30. The van der Waals surface area contributed by atoms with E-state index in [-0.39, 0.29) is 23.3 Å². The fraction of sp³-hybridized carbons (Fsp3) is 0.320. The van der Waals surface area contributed by atoms with Gasteiger partial charge in [0.1, 0.15) is 35.8 Å². The van der Waals surface area contributed by atoms with Crippen LogP contribution >= 0.6 is 15.9 Å². The second-order valence-electron chi connectivity index (χ2n) is 9.38. The first-order chi connectivity index (χ1) is 17.2. The van der Waals surface area contributed by atoms with Crippen molar-refractivity contribution >= 4 is 38.7 Å². The minimum atomic E-state index is -4.54. The highest BCUT2D eigenvalue weighted by Gasteiger charge is 2.34. The maximum Gasteiger partial charge on any atom is 0.416 e. The van der Waals surface area contributed by atoms with Gasteiger partial charge in [-0.3, -0.25) is 19.0 Å². The number of aromatic nitrogens is 1. The molecule has 2 N–H and O–H groups in total. The van der Waals surface area contributed by atoms with Crippen LogP contribution < -0.4 is 15.6 Å². The number of nitrogens with zero attached hydrogens (tertiary/aromatic N) is 1. The Hall–Kier alpha value is -3.54. The molecule has 2 heterocycles. The lowest BCUT2D eigenvalue weighted by atomic mass is 10.0. The second kappa shape index (κ2) is 9.40. The number of pyridine rings is 1. The van der Waals surface area contributed by atoms with Crippen LogP contribution in [0.2, 0.25) is 0 Å². The molecule has 1 amide bonds. The van der Waals surface area contributed by atoms with Gasteiger partial charge in [-0.15, -0.1) is 0 Å². The number of amides is 1. The van der Waals surface area contributed by atoms with Gasteiger partial charge in [-0.05, 0) is 66.5 Å². The summed E-state index contributed by atoms with van der Waals surface area (Å²) in [5.41, 5.74) is -2.70. The van der Waals surface area contributed by atoms with Crippen LogP contribution in [-0.4, -0.2) is 40.3 Å². The predicted molar refractivity (Wildman–Crippen MR) is 131 cm³/mol. The monoisotopic (exact) mass is 582 g/mol. The average Bonchev–Trinajstić information content (AvgIpc) is 2.79. The van der Waals surface area contributed by atoms with Gasteiger partial charge in [0.25, 0.3) is 11.5 Å². The minimum absolute atomic E-state index is 0.0936. The number of rotatable bonds is 4. The van der Waals surface area contributed by atoms with Crippen LogP contribution in [0.4, 0.5) is 13.2 Å². The van der Waals surface area contributed by atoms with E-state index in [2.05, 4.69) is 21.2 Å². The summed E-state index contributed by atoms with van der Waals surface area (Å²) in [6.07, 6.45) is -4.54. The molecule has 1 aliphatic heterocycles. The van der Waals surface area contributed by atoms with Crippen molar-refractivity contribution in [2.24, 2.45) is 0 Å². The third-order valence-electron chi connectivity index (χ3n) is 5.61. The van der Waals surface area contributed by atoms with E-state index in [1.807, 2.05) is 0 Å². The number of ether oxygens (including phenoxy) is 2. The Bertz CT molecular complexity index is 1460. The molecule has 8 nitrogen and oxygen atoms in total. The summed E-state index contributed by atoms with van der Waals surface area (Å²) in [6, 6.07) is 6.46. The second-order valence-corrected chi connectivity index (χ2v) is 10.2. The van der Waals surface area contributed by atoms with E-state index in [4.69, 9.17) is 9.47 Å². The molecule has 37 heavy (non-hydrogen) atoms. The molecular weight excluding hydrogens is 561 g/mol. The van der Waals surface area contributed by atoms with Gasteiger partial charge in [0.05, 0.1) is 22.5 Å². The molecule has 0 radical (unpaired) electrons. The SMILES string of the molecule is CC(C)(C)OC(=O)CNC(=O)c1c(O)c2c(Br)ccc3c2n(c1=O)C(c1ccc(C(F)(F)F)cc1)CO3. The highest BCUT2D eigenvalue weighted by Crippen LogP contribution is 2.42. The number of nitrogens with one attached hydrogen (secondary N) is 1. The Balaban J connectivity index is 1.83. The van der Waals surface area contributed by atoms with Crippen molar-refractivity contribution in [3.05, 3.63) is 67.9 Å². The third-order valence-corrected chi connectivity index (χ3v) is 6.27. The molecule has 0 aliphatic carbocycles. The summed E-state index contributed by atoms with van der Waals surface area (Å²) < 4.78 is 51.7. The Morgan fingerprint density at radius 2 is 1.81 bits per heavy atom. The number of esters is 1. The molecule has 1 atom stereocenters. The molecule has 196 valence electrons. The zero-order valence-corrected chi connectivity index (χ0v) is 21.5. The van der Waals surface area contributed by atoms with E-state index in [1.54, 1.807) is 32.9 Å². The Kier molecular flexibility index (Phi) is 6.74. The maximum absolute atomic E-state index is 13.6. The van der Waals surface area contributed by atoms with Crippen LogP contribution in [0.5, 0.6) is 11.5 Å². The van der Waals surface area contributed by atoms with E-state index in [1.165, 1.54) is 16.7 Å². The van der Waals surface area contributed by atoms with Crippen LogP contribution in [0.15, 0.2) is 45.7 Å². The predicted octanol–water partition coefficient (Wildman–Crippen LogP) is 4.54. The Morgan fingerprint density at radius 1 is 1.16 bits per heavy atom. The molecule has 0 saturated carbocycles. The zero-order chi connectivity index (χ0) is 27.3. The van der Waals surface area contributed by atoms with Crippen molar-refractivity contribution in [2.45, 2.75) is 38.6 Å². The molecule has 12 heteroatoms. The largest absolute Gasteiger partial charge is 0.506 e. The number of aromatic hydroxyl groups is 1. The number of carbonyl (C=O) groups excluding carboxylic acids is 2. The highest BCUT2D eigenvalue weighted by atomic mass is 79.9. The summed E-state index contributed by atoms with van der Waals surface area (Å²) in [4.78, 5) is 38.7. The molecule has 0 spiro atoms. The summed E-state index contributed by atoms with van der Waals surface area (Å²) >= 11 is 3.32. The molecule has 2 aromatic carbocycles. The summed E-state index contributed by atoms with van der Waals surface area (Å²) in [7, 11) is 0. The van der Waals surface area contributed by atoms with Gasteiger partial charge in [0.2, 0.25) is 0 Å². The normalized spacial score (nSPS) is 15.3. The van der Waals surface area contributed by atoms with Crippen LogP contribution in [0.1, 0.15) is 48.3 Å². The van der Waals surface area contributed by atoms with Gasteiger partial charge in [0.15, 0.2) is 0 Å². The molecule has 3 aromatic rings. The number of alkyl halides is 3. The number of hydrogen-bond donors (Lipinski definition) is 2. The first kappa shape index (κ1) is 26.5. The Morgan fingerprint density at radius 3 is 2.41 bits per heavy atom. The van der Waals surface area contributed by atoms with Crippen LogP contribution in [0, 0.1) is 0 Å². The van der Waals surface area contributed by atoms with Crippen molar-refractivity contribution in [3.63, 3.8) is 0 Å². The van der Waals surface area contributed by atoms with Gasteiger partial charge in [-0.2, -0.15) is 13.2 Å². The highest BCUT2D eigenvalue weighted by molar-refractivity contribution is 9.10. The van der Waals surface area contributed by atoms with E-state index in [9.17, 15) is 32.7 Å². The van der Waals surface area contributed by atoms with Gasteiger partial charge >= 0.3 is 12.1 Å². The van der Waals surface area contributed by atoms with Crippen LogP contribution in [-0.2, 0) is 15.7 Å². The fourth-order valence-corrected chi connectivity index (χ4v) is 4.59. The van der Waals surface area contributed by atoms with Crippen molar-refractivity contribution in [2.75, 3.05) is 13.2 Å². The van der Waals surface area contributed by atoms with E-state index < -0.39 is 58.7 Å². The smallest absolute Gasteiger partial charge is 0.416 e. The first-order valence-electron chi connectivity index (χ1n) is 11.1. The summed E-state index contributed by atoms with van der Waals surface area (Å²) in [6.45, 7) is 4.28. The van der Waals surface area contributed by atoms with Crippen molar-refractivity contribution < 1.29 is 37.3 Å². The zero-order valence-electron chi connectivity index (χ0n) is 19.9. The van der Waals surface area contributed by atoms with E-state index in [0.29, 0.717) is 10.0 Å². The molecule has 0 bridgehead atoms. The van der Waals surface area contributed by atoms with E-state index >= 15 is 0 Å². The molecular formula is C25H22BrF3N2O6. The van der Waals surface area contributed by atoms with E-state index in [0.717, 1.165) is 12.1 Å². The molecule has 1 aliphatic rings. The van der Waals surface area contributed by atoms with Crippen molar-refractivity contribution in [3.8, 4) is 11.5 Å². The van der Waals surface area contributed by atoms with Gasteiger partial charge < -0.3 is 19.9 Å². The number of halogens is 4. The molecule has 1 aromatic heterocycles. The van der Waals surface area contributed by atoms with Crippen LogP contribution in [0.3, 0.4) is 0 Å². The third kappa shape index (κ3) is 5.15. The molecule has 1 unspecified atom stereocenters. The standard InChI is InChI=1S/C25H22BrF3N2O6/c1-24(2,3)37-17(32)10-30-22(34)19-21(33)18-14(26)8-9-16-20(18)31(23(19)35)15(11-36-16)12-4-6-13(7-5-12)25(27,28)29/h4-9,15,33H,10-11H2,1-3H3,(H,30,34). The van der Waals surface area contributed by atoms with Crippen LogP contribution in [0.25, 0.3) is 10.9 Å². The summed E-state index contributed by atoms with van der Waals surface area (Å²) in [5.74, 6) is -2.16. The average molecular weight is 583 g/mol. The Labute approximate surface area is 217 Å². The minimum Gasteiger partial charge on any atom is -0.506 e. The lowest BCUT2D eigenvalue weighted by molar-refractivity contribution is -0.153. The first-order valence-corrected chi connectivity index (χ1v) is 11.9. The topological polar surface area (TPSA) is 107 Å². The van der Waals surface area contributed by atoms with Crippen molar-refractivity contribution in [1.82, 2.24) is 9.88 Å². The fourth-order valence-electron chi connectivity index (χ4n) is 4.08. The molecule has 0 saturated heterocycles. The van der Waals surface area contributed by atoms with Gasteiger partial charge in [-0.1, -0.05) is 12.1 Å². The van der Waals surface area contributed by atoms with Gasteiger partial charge in [0, 0.05) is 4.47 Å².